The third-order valence-electron chi connectivity index (χ3n) is 5.71. The second-order valence-corrected chi connectivity index (χ2v) is 7.73. The van der Waals surface area contributed by atoms with Crippen LogP contribution in [0.5, 0.6) is 0 Å². The van der Waals surface area contributed by atoms with E-state index in [4.69, 9.17) is 4.52 Å². The van der Waals surface area contributed by atoms with Crippen LogP contribution in [0.1, 0.15) is 40.0 Å². The van der Waals surface area contributed by atoms with E-state index in [0.717, 1.165) is 29.9 Å². The van der Waals surface area contributed by atoms with E-state index in [1.807, 2.05) is 55.3 Å². The summed E-state index contributed by atoms with van der Waals surface area (Å²) in [5.41, 5.74) is 5.64. The Kier molecular flexibility index (Phi) is 4.86. The van der Waals surface area contributed by atoms with Gasteiger partial charge in [0.05, 0.1) is 16.9 Å². The van der Waals surface area contributed by atoms with Crippen LogP contribution in [0, 0.1) is 6.92 Å². The lowest BCUT2D eigenvalue weighted by Gasteiger charge is -2.28. The summed E-state index contributed by atoms with van der Waals surface area (Å²) in [6, 6.07) is 16.1. The Bertz CT molecular complexity index is 1240. The van der Waals surface area contributed by atoms with Crippen LogP contribution in [0.4, 0.5) is 0 Å². The zero-order valence-electron chi connectivity index (χ0n) is 17.6. The van der Waals surface area contributed by atoms with Crippen molar-refractivity contribution in [3.63, 3.8) is 0 Å². The molecule has 4 aromatic rings. The molecule has 0 spiro atoms. The molecule has 0 radical (unpaired) electrons. The Morgan fingerprint density at radius 2 is 1.87 bits per heavy atom. The van der Waals surface area contributed by atoms with Gasteiger partial charge in [-0.3, -0.25) is 4.79 Å². The molecule has 7 heteroatoms. The number of amides is 1. The highest BCUT2D eigenvalue weighted by Crippen LogP contribution is 2.23. The van der Waals surface area contributed by atoms with E-state index in [-0.39, 0.29) is 5.91 Å². The summed E-state index contributed by atoms with van der Waals surface area (Å²) < 4.78 is 6.94. The maximum atomic E-state index is 13.2. The molecule has 0 saturated carbocycles. The molecule has 5 rings (SSSR count). The Labute approximate surface area is 180 Å². The molecule has 0 saturated heterocycles. The number of aromatic nitrogens is 4. The van der Waals surface area contributed by atoms with Crippen molar-refractivity contribution in [3.05, 3.63) is 83.0 Å². The van der Waals surface area contributed by atoms with E-state index in [2.05, 4.69) is 33.4 Å². The minimum atomic E-state index is 0.0220. The molecule has 0 atom stereocenters. The van der Waals surface area contributed by atoms with Crippen LogP contribution in [-0.2, 0) is 19.4 Å². The first-order valence-corrected chi connectivity index (χ1v) is 10.5. The SMILES string of the molecule is CCc1nc(-c2ccc(-n3cc(C(=O)N4CCc5ccccc5C4)c(C)n3)cc2)no1. The first kappa shape index (κ1) is 19.2. The topological polar surface area (TPSA) is 77.1 Å². The van der Waals surface area contributed by atoms with E-state index >= 15 is 0 Å². The average molecular weight is 413 g/mol. The minimum absolute atomic E-state index is 0.0220. The molecule has 0 fully saturated rings. The molecular formula is C24H23N5O2. The van der Waals surface area contributed by atoms with Gasteiger partial charge in [-0.15, -0.1) is 0 Å². The Hall–Kier alpha value is -3.74. The number of rotatable bonds is 4. The Balaban J connectivity index is 1.36. The quantitative estimate of drug-likeness (QED) is 0.506. The van der Waals surface area contributed by atoms with Gasteiger partial charge in [0.25, 0.3) is 5.91 Å². The predicted molar refractivity (Wildman–Crippen MR) is 116 cm³/mol. The summed E-state index contributed by atoms with van der Waals surface area (Å²) in [6.45, 7) is 5.21. The highest BCUT2D eigenvalue weighted by atomic mass is 16.5. The average Bonchev–Trinajstić information content (AvgIpc) is 3.45. The Morgan fingerprint density at radius 3 is 2.61 bits per heavy atom. The van der Waals surface area contributed by atoms with Gasteiger partial charge in [0.1, 0.15) is 0 Å². The van der Waals surface area contributed by atoms with Crippen LogP contribution in [0.15, 0.2) is 59.3 Å². The summed E-state index contributed by atoms with van der Waals surface area (Å²) in [4.78, 5) is 19.5. The van der Waals surface area contributed by atoms with Crippen molar-refractivity contribution >= 4 is 5.91 Å². The zero-order valence-corrected chi connectivity index (χ0v) is 17.6. The second-order valence-electron chi connectivity index (χ2n) is 7.73. The van der Waals surface area contributed by atoms with Crippen molar-refractivity contribution < 1.29 is 9.32 Å². The minimum Gasteiger partial charge on any atom is -0.339 e. The molecule has 1 aliphatic heterocycles. The number of carbonyl (C=O) groups is 1. The summed E-state index contributed by atoms with van der Waals surface area (Å²) in [5.74, 6) is 1.21. The van der Waals surface area contributed by atoms with Crippen molar-refractivity contribution in [3.8, 4) is 17.1 Å². The number of benzene rings is 2. The third kappa shape index (κ3) is 3.63. The van der Waals surface area contributed by atoms with Gasteiger partial charge >= 0.3 is 0 Å². The van der Waals surface area contributed by atoms with Crippen molar-refractivity contribution in [2.75, 3.05) is 6.54 Å². The fourth-order valence-electron chi connectivity index (χ4n) is 3.92. The molecule has 2 aromatic carbocycles. The largest absolute Gasteiger partial charge is 0.339 e. The molecular weight excluding hydrogens is 390 g/mol. The first-order valence-electron chi connectivity index (χ1n) is 10.5. The lowest BCUT2D eigenvalue weighted by Crippen LogP contribution is -2.36. The van der Waals surface area contributed by atoms with Gasteiger partial charge in [-0.2, -0.15) is 10.1 Å². The van der Waals surface area contributed by atoms with Gasteiger partial charge in [-0.05, 0) is 48.7 Å². The second kappa shape index (κ2) is 7.83. The summed E-state index contributed by atoms with van der Waals surface area (Å²) in [6.07, 6.45) is 3.40. The van der Waals surface area contributed by atoms with Crippen molar-refractivity contribution in [2.45, 2.75) is 33.2 Å². The van der Waals surface area contributed by atoms with Gasteiger partial charge in [0.2, 0.25) is 11.7 Å². The van der Waals surface area contributed by atoms with Gasteiger partial charge < -0.3 is 9.42 Å². The molecule has 3 heterocycles. The summed E-state index contributed by atoms with van der Waals surface area (Å²) in [5, 5.41) is 8.59. The lowest BCUT2D eigenvalue weighted by atomic mass is 9.99. The number of hydrogen-bond acceptors (Lipinski definition) is 5. The van der Waals surface area contributed by atoms with Crippen molar-refractivity contribution in [1.29, 1.82) is 0 Å². The van der Waals surface area contributed by atoms with Gasteiger partial charge in [-0.1, -0.05) is 36.3 Å². The predicted octanol–water partition coefficient (Wildman–Crippen LogP) is 3.99. The zero-order chi connectivity index (χ0) is 21.4. The lowest BCUT2D eigenvalue weighted by molar-refractivity contribution is 0.0734. The maximum absolute atomic E-state index is 13.2. The highest BCUT2D eigenvalue weighted by molar-refractivity contribution is 5.95. The molecule has 156 valence electrons. The van der Waals surface area contributed by atoms with E-state index in [1.165, 1.54) is 11.1 Å². The highest BCUT2D eigenvalue weighted by Gasteiger charge is 2.24. The number of aryl methyl sites for hydroxylation is 2. The fourth-order valence-corrected chi connectivity index (χ4v) is 3.92. The van der Waals surface area contributed by atoms with Crippen molar-refractivity contribution in [1.82, 2.24) is 24.8 Å². The smallest absolute Gasteiger partial charge is 0.257 e. The Morgan fingerprint density at radius 1 is 1.10 bits per heavy atom. The maximum Gasteiger partial charge on any atom is 0.257 e. The van der Waals surface area contributed by atoms with Crippen LogP contribution >= 0.6 is 0 Å². The molecule has 1 aliphatic rings. The molecule has 0 unspecified atom stereocenters. The number of nitrogens with zero attached hydrogens (tertiary/aromatic N) is 5. The van der Waals surface area contributed by atoms with Crippen LogP contribution in [0.2, 0.25) is 0 Å². The van der Waals surface area contributed by atoms with Gasteiger partial charge in [-0.25, -0.2) is 4.68 Å². The third-order valence-corrected chi connectivity index (χ3v) is 5.71. The van der Waals surface area contributed by atoms with Crippen molar-refractivity contribution in [2.24, 2.45) is 0 Å². The van der Waals surface area contributed by atoms with E-state index < -0.39 is 0 Å². The molecule has 7 nitrogen and oxygen atoms in total. The van der Waals surface area contributed by atoms with Crippen LogP contribution in [-0.4, -0.2) is 37.3 Å². The molecule has 2 aromatic heterocycles. The first-order chi connectivity index (χ1) is 15.1. The molecule has 0 aliphatic carbocycles. The number of hydrogen-bond donors (Lipinski definition) is 0. The van der Waals surface area contributed by atoms with Gasteiger partial charge in [0.15, 0.2) is 0 Å². The van der Waals surface area contributed by atoms with E-state index in [9.17, 15) is 4.79 Å². The standard InChI is InChI=1S/C24H23N5O2/c1-3-22-25-23(27-31-22)18-8-10-20(11-9-18)29-15-21(16(2)26-29)24(30)28-13-12-17-6-4-5-7-19(17)14-28/h4-11,15H,3,12-14H2,1-2H3. The van der Waals surface area contributed by atoms with E-state index in [1.54, 1.807) is 4.68 Å². The molecule has 31 heavy (non-hydrogen) atoms. The van der Waals surface area contributed by atoms with E-state index in [0.29, 0.717) is 30.2 Å². The summed E-state index contributed by atoms with van der Waals surface area (Å²) >= 11 is 0. The van der Waals surface area contributed by atoms with Crippen LogP contribution in [0.25, 0.3) is 17.1 Å². The molecule has 1 amide bonds. The van der Waals surface area contributed by atoms with Gasteiger partial charge in [0, 0.05) is 31.3 Å². The van der Waals surface area contributed by atoms with Crippen LogP contribution < -0.4 is 0 Å². The molecule has 0 bridgehead atoms. The monoisotopic (exact) mass is 413 g/mol. The fraction of sp³-hybridized carbons (Fsp3) is 0.250. The normalized spacial score (nSPS) is 13.3. The number of carbonyl (C=O) groups excluding carboxylic acids is 1. The van der Waals surface area contributed by atoms with Crippen LogP contribution in [0.3, 0.4) is 0 Å². The summed E-state index contributed by atoms with van der Waals surface area (Å²) in [7, 11) is 0. The molecule has 0 N–H and O–H groups in total. The number of fused-ring (bicyclic) bond motifs is 1.